The van der Waals surface area contributed by atoms with Gasteiger partial charge in [0, 0.05) is 33.8 Å². The van der Waals surface area contributed by atoms with Crippen LogP contribution in [0.4, 0.5) is 0 Å². The Bertz CT molecular complexity index is 2540. The highest BCUT2D eigenvalue weighted by Crippen LogP contribution is 2.41. The monoisotopic (exact) mass is 663 g/mol. The van der Waals surface area contributed by atoms with E-state index < -0.39 is 0 Å². The number of phenolic OH excluding ortho intramolecular Hbond substituents is 1. The van der Waals surface area contributed by atoms with Crippen LogP contribution in [0.15, 0.2) is 152 Å². The molecule has 0 spiro atoms. The molecule has 0 amide bonds. The minimum atomic E-state index is -0.208. The molecule has 8 aromatic rings. The fourth-order valence-corrected chi connectivity index (χ4v) is 7.20. The Morgan fingerprint density at radius 1 is 0.529 bits per heavy atom. The standard InChI is InChI=1S/C47H41N3O/c1-46(2,3)34-23-25-37(26-24-34)50-41-21-12-20-38(44(41)49-45(50)39-19-9-10-22-42(39)51)31-14-11-15-32(28-31)40-30-36(29-33-16-13-27-48-43(33)40)47(4,5)35-17-7-6-8-18-35/h6-30,51H,1-5H3. The van der Waals surface area contributed by atoms with Gasteiger partial charge >= 0.3 is 0 Å². The normalized spacial score (nSPS) is 12.1. The van der Waals surface area contributed by atoms with E-state index in [1.54, 1.807) is 6.07 Å². The molecule has 0 radical (unpaired) electrons. The van der Waals surface area contributed by atoms with Crippen molar-refractivity contribution >= 4 is 21.9 Å². The van der Waals surface area contributed by atoms with E-state index in [-0.39, 0.29) is 16.6 Å². The quantitative estimate of drug-likeness (QED) is 0.193. The van der Waals surface area contributed by atoms with Crippen LogP contribution in [-0.4, -0.2) is 19.6 Å². The second-order valence-corrected chi connectivity index (χ2v) is 14.9. The molecule has 6 aromatic carbocycles. The lowest BCUT2D eigenvalue weighted by molar-refractivity contribution is 0.477. The molecule has 2 heterocycles. The predicted octanol–water partition coefficient (Wildman–Crippen LogP) is 11.9. The smallest absolute Gasteiger partial charge is 0.149 e. The van der Waals surface area contributed by atoms with Gasteiger partial charge in [0.15, 0.2) is 0 Å². The van der Waals surface area contributed by atoms with Crippen LogP contribution >= 0.6 is 0 Å². The number of pyridine rings is 1. The van der Waals surface area contributed by atoms with E-state index in [1.165, 1.54) is 16.7 Å². The first-order valence-corrected chi connectivity index (χ1v) is 17.6. The summed E-state index contributed by atoms with van der Waals surface area (Å²) in [5, 5.41) is 12.2. The molecule has 0 fully saturated rings. The van der Waals surface area contributed by atoms with Crippen LogP contribution in [0, 0.1) is 0 Å². The number of rotatable bonds is 6. The molecule has 0 aliphatic heterocycles. The number of hydrogen-bond acceptors (Lipinski definition) is 3. The average Bonchev–Trinajstić information content (AvgIpc) is 3.54. The van der Waals surface area contributed by atoms with Gasteiger partial charge in [-0.05, 0) is 87.8 Å². The van der Waals surface area contributed by atoms with Crippen molar-refractivity contribution in [2.75, 3.05) is 0 Å². The van der Waals surface area contributed by atoms with Gasteiger partial charge in [0.1, 0.15) is 11.6 Å². The number of phenols is 1. The summed E-state index contributed by atoms with van der Waals surface area (Å²) < 4.78 is 2.16. The van der Waals surface area contributed by atoms with Crippen LogP contribution in [0.3, 0.4) is 0 Å². The number of nitrogens with zero attached hydrogens (tertiary/aromatic N) is 3. The zero-order valence-electron chi connectivity index (χ0n) is 29.7. The van der Waals surface area contributed by atoms with E-state index in [0.29, 0.717) is 11.4 Å². The van der Waals surface area contributed by atoms with Gasteiger partial charge in [-0.15, -0.1) is 0 Å². The first-order chi connectivity index (χ1) is 24.6. The topological polar surface area (TPSA) is 50.9 Å². The molecule has 0 aliphatic carbocycles. The molecule has 0 aliphatic rings. The number of para-hydroxylation sites is 2. The van der Waals surface area contributed by atoms with E-state index in [4.69, 9.17) is 9.97 Å². The zero-order valence-corrected chi connectivity index (χ0v) is 29.7. The van der Waals surface area contributed by atoms with Crippen molar-refractivity contribution < 1.29 is 5.11 Å². The third-order valence-electron chi connectivity index (χ3n) is 10.2. The number of imidazole rings is 1. The lowest BCUT2D eigenvalue weighted by Gasteiger charge is -2.27. The van der Waals surface area contributed by atoms with E-state index in [0.717, 1.165) is 49.9 Å². The number of hydrogen-bond donors (Lipinski definition) is 1. The SMILES string of the molecule is CC(C)(C)c1ccc(-n2c(-c3ccccc3O)nc3c(-c4cccc(-c5cc(C(C)(C)c6ccccc6)cc6cccnc56)c4)cccc32)cc1. The summed E-state index contributed by atoms with van der Waals surface area (Å²) in [6.45, 7) is 11.2. The maximum absolute atomic E-state index is 11.0. The van der Waals surface area contributed by atoms with Crippen LogP contribution in [0.1, 0.15) is 51.3 Å². The Morgan fingerprint density at radius 2 is 1.22 bits per heavy atom. The maximum Gasteiger partial charge on any atom is 0.149 e. The van der Waals surface area contributed by atoms with Crippen LogP contribution in [0.2, 0.25) is 0 Å². The third kappa shape index (κ3) is 5.77. The molecule has 1 N–H and O–H groups in total. The molecule has 51 heavy (non-hydrogen) atoms. The minimum Gasteiger partial charge on any atom is -0.507 e. The van der Waals surface area contributed by atoms with E-state index in [2.05, 4.69) is 154 Å². The Balaban J connectivity index is 1.31. The molecule has 8 rings (SSSR count). The molecule has 0 saturated heterocycles. The van der Waals surface area contributed by atoms with E-state index >= 15 is 0 Å². The summed E-state index contributed by atoms with van der Waals surface area (Å²) in [5.74, 6) is 0.892. The van der Waals surface area contributed by atoms with Crippen LogP contribution in [-0.2, 0) is 10.8 Å². The number of benzene rings is 6. The molecule has 250 valence electrons. The van der Waals surface area contributed by atoms with Crippen molar-refractivity contribution in [3.8, 4) is 45.1 Å². The Morgan fingerprint density at radius 3 is 1.96 bits per heavy atom. The van der Waals surface area contributed by atoms with Crippen molar-refractivity contribution in [1.29, 1.82) is 0 Å². The molecule has 0 saturated carbocycles. The van der Waals surface area contributed by atoms with Crippen LogP contribution < -0.4 is 0 Å². The first kappa shape index (κ1) is 32.2. The summed E-state index contributed by atoms with van der Waals surface area (Å²) in [5.41, 5.74) is 12.4. The van der Waals surface area contributed by atoms with Gasteiger partial charge < -0.3 is 5.11 Å². The van der Waals surface area contributed by atoms with Crippen molar-refractivity contribution in [1.82, 2.24) is 14.5 Å². The first-order valence-electron chi connectivity index (χ1n) is 17.6. The lowest BCUT2D eigenvalue weighted by atomic mass is 9.76. The molecule has 0 atom stereocenters. The summed E-state index contributed by atoms with van der Waals surface area (Å²) in [4.78, 5) is 10.2. The number of fused-ring (bicyclic) bond motifs is 2. The van der Waals surface area contributed by atoms with Gasteiger partial charge in [-0.2, -0.15) is 0 Å². The fraction of sp³-hybridized carbons (Fsp3) is 0.149. The number of aromatic nitrogens is 3. The predicted molar refractivity (Wildman–Crippen MR) is 212 cm³/mol. The molecular weight excluding hydrogens is 623 g/mol. The summed E-state index contributed by atoms with van der Waals surface area (Å²) in [6, 6.07) is 50.6. The largest absolute Gasteiger partial charge is 0.507 e. The van der Waals surface area contributed by atoms with Gasteiger partial charge in [-0.1, -0.05) is 126 Å². The highest BCUT2D eigenvalue weighted by molar-refractivity contribution is 5.99. The molecule has 0 unspecified atom stereocenters. The van der Waals surface area contributed by atoms with Gasteiger partial charge in [0.05, 0.1) is 22.1 Å². The van der Waals surface area contributed by atoms with Crippen molar-refractivity contribution in [3.05, 3.63) is 168 Å². The molecular formula is C47H41N3O. The van der Waals surface area contributed by atoms with Crippen molar-refractivity contribution in [2.45, 2.75) is 45.4 Å². The van der Waals surface area contributed by atoms with E-state index in [9.17, 15) is 5.11 Å². The highest BCUT2D eigenvalue weighted by atomic mass is 16.3. The average molecular weight is 664 g/mol. The van der Waals surface area contributed by atoms with Gasteiger partial charge in [0.25, 0.3) is 0 Å². The highest BCUT2D eigenvalue weighted by Gasteiger charge is 2.25. The fourth-order valence-electron chi connectivity index (χ4n) is 7.20. The van der Waals surface area contributed by atoms with Gasteiger partial charge in [-0.3, -0.25) is 9.55 Å². The Kier molecular flexibility index (Phi) is 7.83. The third-order valence-corrected chi connectivity index (χ3v) is 10.2. The number of aromatic hydroxyl groups is 1. The van der Waals surface area contributed by atoms with E-state index in [1.807, 2.05) is 30.5 Å². The summed E-state index contributed by atoms with van der Waals surface area (Å²) in [7, 11) is 0. The minimum absolute atomic E-state index is 0.0336. The second-order valence-electron chi connectivity index (χ2n) is 14.9. The lowest BCUT2D eigenvalue weighted by Crippen LogP contribution is -2.19. The zero-order chi connectivity index (χ0) is 35.3. The Hall–Kier alpha value is -6.00. The van der Waals surface area contributed by atoms with Crippen molar-refractivity contribution in [2.24, 2.45) is 0 Å². The molecule has 4 nitrogen and oxygen atoms in total. The molecule has 2 aromatic heterocycles. The Labute approximate surface area is 299 Å². The molecule has 0 bridgehead atoms. The molecule has 4 heteroatoms. The van der Waals surface area contributed by atoms with Crippen LogP contribution in [0.25, 0.3) is 61.3 Å². The van der Waals surface area contributed by atoms with Crippen molar-refractivity contribution in [3.63, 3.8) is 0 Å². The summed E-state index contributed by atoms with van der Waals surface area (Å²) >= 11 is 0. The van der Waals surface area contributed by atoms with Gasteiger partial charge in [-0.25, -0.2) is 4.98 Å². The second kappa shape index (κ2) is 12.4. The van der Waals surface area contributed by atoms with Crippen LogP contribution in [0.5, 0.6) is 5.75 Å². The maximum atomic E-state index is 11.0. The summed E-state index contributed by atoms with van der Waals surface area (Å²) in [6.07, 6.45) is 1.87. The van der Waals surface area contributed by atoms with Gasteiger partial charge in [0.2, 0.25) is 0 Å².